The van der Waals surface area contributed by atoms with E-state index in [2.05, 4.69) is 135 Å². The minimum absolute atomic E-state index is 0.355. The van der Waals surface area contributed by atoms with Gasteiger partial charge in [-0.05, 0) is 88.2 Å². The van der Waals surface area contributed by atoms with Crippen molar-refractivity contribution in [3.63, 3.8) is 0 Å². The van der Waals surface area contributed by atoms with Gasteiger partial charge < -0.3 is 14.0 Å². The normalized spacial score (nSPS) is 14.0. The third-order valence-corrected chi connectivity index (χ3v) is 8.24. The smallest absolute Gasteiger partial charge is 0.386 e. The molecule has 0 aliphatic rings. The lowest BCUT2D eigenvalue weighted by Gasteiger charge is -2.21. The van der Waals surface area contributed by atoms with Crippen molar-refractivity contribution in [1.29, 1.82) is 0 Å². The molecule has 43 heavy (non-hydrogen) atoms. The van der Waals surface area contributed by atoms with E-state index in [0.717, 1.165) is 19.3 Å². The average molecular weight is 585 g/mol. The third kappa shape index (κ3) is 12.6. The molecule has 3 unspecified atom stereocenters. The van der Waals surface area contributed by atoms with Crippen molar-refractivity contribution in [3.05, 3.63) is 106 Å². The van der Waals surface area contributed by atoms with Crippen molar-refractivity contribution in [3.8, 4) is 0 Å². The highest BCUT2D eigenvalue weighted by Gasteiger charge is 2.25. The van der Waals surface area contributed by atoms with Crippen LogP contribution in [-0.4, -0.2) is 27.1 Å². The van der Waals surface area contributed by atoms with Crippen LogP contribution in [0.15, 0.2) is 72.8 Å². The highest BCUT2D eigenvalue weighted by molar-refractivity contribution is 6.36. The standard InChI is InChI=1S/C39H57BO3/c1-28(2)37-16-10-34(11-17-37)22-31(7)25-41-40(42-26-32(8)23-35-12-18-38(19-13-35)29(3)4)43-27-33(9)24-36-14-20-39(21-15-36)30(5)6/h10-21,28-33H,22-27H2,1-9H3. The Morgan fingerprint density at radius 3 is 0.837 bits per heavy atom. The molecule has 3 rings (SSSR count). The van der Waals surface area contributed by atoms with Crippen LogP contribution >= 0.6 is 0 Å². The van der Waals surface area contributed by atoms with Gasteiger partial charge >= 0.3 is 7.32 Å². The SMILES string of the molecule is CC(COB(OCC(C)Cc1ccc(C(C)C)cc1)OCC(C)Cc1ccc(C(C)C)cc1)Cc1ccc(C(C)C)cc1. The topological polar surface area (TPSA) is 27.7 Å². The molecule has 0 aliphatic carbocycles. The molecule has 0 bridgehead atoms. The average Bonchev–Trinajstić information content (AvgIpc) is 2.97. The van der Waals surface area contributed by atoms with E-state index in [4.69, 9.17) is 14.0 Å². The Bertz CT molecular complexity index is 1020. The molecule has 3 aromatic carbocycles. The highest BCUT2D eigenvalue weighted by Crippen LogP contribution is 2.20. The van der Waals surface area contributed by atoms with Crippen LogP contribution < -0.4 is 0 Å². The van der Waals surface area contributed by atoms with Crippen LogP contribution in [0.1, 0.15) is 113 Å². The van der Waals surface area contributed by atoms with Crippen molar-refractivity contribution in [1.82, 2.24) is 0 Å². The van der Waals surface area contributed by atoms with Crippen molar-refractivity contribution < 1.29 is 14.0 Å². The number of hydrogen-bond acceptors (Lipinski definition) is 3. The van der Waals surface area contributed by atoms with E-state index >= 15 is 0 Å². The monoisotopic (exact) mass is 584 g/mol. The predicted molar refractivity (Wildman–Crippen MR) is 184 cm³/mol. The fourth-order valence-corrected chi connectivity index (χ4v) is 5.37. The van der Waals surface area contributed by atoms with E-state index in [9.17, 15) is 0 Å². The molecule has 4 heteroatoms. The van der Waals surface area contributed by atoms with E-state index in [-0.39, 0.29) is 0 Å². The van der Waals surface area contributed by atoms with Gasteiger partial charge in [0.05, 0.1) is 0 Å². The maximum absolute atomic E-state index is 6.28. The van der Waals surface area contributed by atoms with Crippen molar-refractivity contribution >= 4 is 7.32 Å². The summed E-state index contributed by atoms with van der Waals surface area (Å²) in [5, 5.41) is 0. The number of rotatable bonds is 18. The zero-order valence-electron chi connectivity index (χ0n) is 28.4. The third-order valence-electron chi connectivity index (χ3n) is 8.24. The molecule has 0 aromatic heterocycles. The Labute approximate surface area is 263 Å². The van der Waals surface area contributed by atoms with Crippen LogP contribution in [0, 0.1) is 17.8 Å². The molecule has 0 spiro atoms. The lowest BCUT2D eigenvalue weighted by atomic mass is 9.96. The molecule has 0 amide bonds. The fourth-order valence-electron chi connectivity index (χ4n) is 5.37. The Morgan fingerprint density at radius 1 is 0.395 bits per heavy atom. The molecular weight excluding hydrogens is 527 g/mol. The molecule has 234 valence electrons. The van der Waals surface area contributed by atoms with Crippen LogP contribution in [0.25, 0.3) is 0 Å². The van der Waals surface area contributed by atoms with Crippen molar-refractivity contribution in [2.75, 3.05) is 19.8 Å². The molecule has 3 atom stereocenters. The van der Waals surface area contributed by atoms with Crippen LogP contribution in [0.4, 0.5) is 0 Å². The van der Waals surface area contributed by atoms with Gasteiger partial charge in [-0.3, -0.25) is 0 Å². The second kappa shape index (κ2) is 17.8. The van der Waals surface area contributed by atoms with Crippen LogP contribution in [0.3, 0.4) is 0 Å². The largest absolute Gasteiger partial charge is 0.639 e. The van der Waals surface area contributed by atoms with Gasteiger partial charge in [0.15, 0.2) is 0 Å². The summed E-state index contributed by atoms with van der Waals surface area (Å²) in [7, 11) is -0.665. The zero-order valence-corrected chi connectivity index (χ0v) is 28.4. The van der Waals surface area contributed by atoms with Gasteiger partial charge in [-0.2, -0.15) is 0 Å². The molecule has 0 radical (unpaired) electrons. The van der Waals surface area contributed by atoms with Gasteiger partial charge in [0, 0.05) is 19.8 Å². The van der Waals surface area contributed by atoms with Crippen molar-refractivity contribution in [2.24, 2.45) is 17.8 Å². The first-order valence-corrected chi connectivity index (χ1v) is 16.6. The number of hydrogen-bond donors (Lipinski definition) is 0. The van der Waals surface area contributed by atoms with Gasteiger partial charge in [-0.25, -0.2) is 0 Å². The van der Waals surface area contributed by atoms with E-state index < -0.39 is 7.32 Å². The van der Waals surface area contributed by atoms with E-state index in [1.165, 1.54) is 33.4 Å². The van der Waals surface area contributed by atoms with Crippen LogP contribution in [0.2, 0.25) is 0 Å². The Balaban J connectivity index is 1.54. The predicted octanol–water partition coefficient (Wildman–Crippen LogP) is 10.0. The molecule has 0 heterocycles. The summed E-state index contributed by atoms with van der Waals surface area (Å²) in [6, 6.07) is 27.0. The first kappa shape index (κ1) is 35.1. The summed E-state index contributed by atoms with van der Waals surface area (Å²) in [6.45, 7) is 21.9. The molecule has 0 N–H and O–H groups in total. The summed E-state index contributed by atoms with van der Waals surface area (Å²) in [5.41, 5.74) is 8.16. The summed E-state index contributed by atoms with van der Waals surface area (Å²) in [4.78, 5) is 0. The summed E-state index contributed by atoms with van der Waals surface area (Å²) < 4.78 is 18.8. The van der Waals surface area contributed by atoms with Crippen molar-refractivity contribution in [2.45, 2.75) is 99.3 Å². The van der Waals surface area contributed by atoms with Gasteiger partial charge in [0.1, 0.15) is 0 Å². The minimum Gasteiger partial charge on any atom is -0.386 e. The molecular formula is C39H57BO3. The zero-order chi connectivity index (χ0) is 31.4. The fraction of sp³-hybridized carbons (Fsp3) is 0.538. The lowest BCUT2D eigenvalue weighted by Crippen LogP contribution is -2.33. The Hall–Kier alpha value is -2.40. The van der Waals surface area contributed by atoms with E-state index in [0.29, 0.717) is 55.3 Å². The van der Waals surface area contributed by atoms with Gasteiger partial charge in [0.2, 0.25) is 0 Å². The molecule has 0 saturated heterocycles. The van der Waals surface area contributed by atoms with Crippen LogP contribution in [0.5, 0.6) is 0 Å². The Morgan fingerprint density at radius 2 is 0.628 bits per heavy atom. The van der Waals surface area contributed by atoms with Gasteiger partial charge in [-0.1, -0.05) is 135 Å². The maximum Gasteiger partial charge on any atom is 0.639 e. The van der Waals surface area contributed by atoms with E-state index in [1.54, 1.807) is 0 Å². The maximum atomic E-state index is 6.28. The van der Waals surface area contributed by atoms with Gasteiger partial charge in [-0.15, -0.1) is 0 Å². The molecule has 3 aromatic rings. The summed E-state index contributed by atoms with van der Waals surface area (Å²) in [6.07, 6.45) is 2.91. The van der Waals surface area contributed by atoms with Gasteiger partial charge in [0.25, 0.3) is 0 Å². The first-order valence-electron chi connectivity index (χ1n) is 16.6. The second-order valence-electron chi connectivity index (χ2n) is 13.9. The molecule has 0 saturated carbocycles. The first-order chi connectivity index (χ1) is 20.5. The number of benzene rings is 3. The highest BCUT2D eigenvalue weighted by atomic mass is 16.7. The lowest BCUT2D eigenvalue weighted by molar-refractivity contribution is 0.0632. The quantitative estimate of drug-likeness (QED) is 0.139. The summed E-state index contributed by atoms with van der Waals surface area (Å²) >= 11 is 0. The molecule has 0 aliphatic heterocycles. The summed E-state index contributed by atoms with van der Waals surface area (Å²) in [5.74, 6) is 2.71. The second-order valence-corrected chi connectivity index (χ2v) is 13.9. The van der Waals surface area contributed by atoms with E-state index in [1.807, 2.05) is 0 Å². The van der Waals surface area contributed by atoms with Crippen LogP contribution in [-0.2, 0) is 33.2 Å². The Kier molecular flexibility index (Phi) is 14.5. The molecule has 0 fully saturated rings. The minimum atomic E-state index is -0.665. The molecule has 3 nitrogen and oxygen atoms in total.